The molecule has 3 aromatic rings. The number of rotatable bonds is 4. The zero-order chi connectivity index (χ0) is 23.0. The number of anilines is 1. The lowest BCUT2D eigenvalue weighted by atomic mass is 9.83. The van der Waals surface area contributed by atoms with Gasteiger partial charge in [-0.05, 0) is 36.8 Å². The van der Waals surface area contributed by atoms with E-state index in [2.05, 4.69) is 5.32 Å². The van der Waals surface area contributed by atoms with Gasteiger partial charge in [0.2, 0.25) is 0 Å². The summed E-state index contributed by atoms with van der Waals surface area (Å²) in [6, 6.07) is 13.1. The van der Waals surface area contributed by atoms with Crippen molar-refractivity contribution in [3.05, 3.63) is 98.8 Å². The summed E-state index contributed by atoms with van der Waals surface area (Å²) in [6.45, 7) is 0.930. The number of hydrogen-bond donors (Lipinski definition) is 1. The molecule has 32 heavy (non-hydrogen) atoms. The van der Waals surface area contributed by atoms with Crippen molar-refractivity contribution in [3.8, 4) is 0 Å². The van der Waals surface area contributed by atoms with Crippen molar-refractivity contribution in [3.63, 3.8) is 0 Å². The summed E-state index contributed by atoms with van der Waals surface area (Å²) in [4.78, 5) is 50.1. The number of aryl methyl sites for hydroxylation is 1. The van der Waals surface area contributed by atoms with Crippen molar-refractivity contribution in [2.45, 2.75) is 6.92 Å². The van der Waals surface area contributed by atoms with Gasteiger partial charge < -0.3 is 10.1 Å². The molecular formula is C24H15ClFNO5. The highest BCUT2D eigenvalue weighted by molar-refractivity contribution is 6.41. The summed E-state index contributed by atoms with van der Waals surface area (Å²) >= 11 is 6.31. The summed E-state index contributed by atoms with van der Waals surface area (Å²) in [7, 11) is 0. The Morgan fingerprint density at radius 3 is 2.34 bits per heavy atom. The predicted octanol–water partition coefficient (Wildman–Crippen LogP) is 4.36. The minimum Gasteiger partial charge on any atom is -0.452 e. The average molecular weight is 452 g/mol. The molecule has 8 heteroatoms. The number of esters is 1. The average Bonchev–Trinajstić information content (AvgIpc) is 2.78. The van der Waals surface area contributed by atoms with E-state index in [1.807, 2.05) is 0 Å². The first-order chi connectivity index (χ1) is 15.3. The number of hydrogen-bond acceptors (Lipinski definition) is 5. The molecule has 1 amide bonds. The fourth-order valence-corrected chi connectivity index (χ4v) is 3.71. The summed E-state index contributed by atoms with van der Waals surface area (Å²) in [5, 5.41) is 2.20. The van der Waals surface area contributed by atoms with Crippen LogP contribution in [0.1, 0.15) is 47.8 Å². The van der Waals surface area contributed by atoms with Gasteiger partial charge >= 0.3 is 5.97 Å². The molecule has 0 heterocycles. The SMILES string of the molecule is Cc1ccc(NC(=O)COC(=O)c2ccc3c(c2Cl)C(=O)c2ccccc2C3=O)cc1F. The van der Waals surface area contributed by atoms with E-state index in [-0.39, 0.29) is 44.3 Å². The summed E-state index contributed by atoms with van der Waals surface area (Å²) in [6.07, 6.45) is 0. The highest BCUT2D eigenvalue weighted by atomic mass is 35.5. The highest BCUT2D eigenvalue weighted by Crippen LogP contribution is 2.34. The molecule has 0 atom stereocenters. The van der Waals surface area contributed by atoms with Crippen LogP contribution in [0, 0.1) is 12.7 Å². The number of amides is 1. The first-order valence-electron chi connectivity index (χ1n) is 9.52. The molecule has 0 aliphatic heterocycles. The molecule has 6 nitrogen and oxygen atoms in total. The standard InChI is InChI=1S/C24H15ClFNO5/c1-12-6-7-13(10-18(12)26)27-19(28)11-32-24(31)17-9-8-16-20(21(17)25)23(30)15-5-3-2-4-14(15)22(16)29/h2-10H,11H2,1H3,(H,27,28). The quantitative estimate of drug-likeness (QED) is 0.466. The largest absolute Gasteiger partial charge is 0.452 e. The number of nitrogens with one attached hydrogen (secondary N) is 1. The molecule has 3 aromatic carbocycles. The number of benzene rings is 3. The van der Waals surface area contributed by atoms with E-state index in [0.717, 1.165) is 6.07 Å². The van der Waals surface area contributed by atoms with Crippen LogP contribution in [-0.2, 0) is 9.53 Å². The molecule has 0 bridgehead atoms. The molecule has 0 spiro atoms. The van der Waals surface area contributed by atoms with E-state index in [1.54, 1.807) is 25.1 Å². The second kappa shape index (κ2) is 8.36. The number of fused-ring (bicyclic) bond motifs is 2. The molecule has 4 rings (SSSR count). The maximum Gasteiger partial charge on any atom is 0.340 e. The Kier molecular flexibility index (Phi) is 5.59. The minimum absolute atomic E-state index is 0.0793. The van der Waals surface area contributed by atoms with Crippen molar-refractivity contribution in [1.29, 1.82) is 0 Å². The van der Waals surface area contributed by atoms with Crippen LogP contribution in [0.15, 0.2) is 54.6 Å². The number of ether oxygens (including phenoxy) is 1. The van der Waals surface area contributed by atoms with Crippen molar-refractivity contribution in [2.24, 2.45) is 0 Å². The Morgan fingerprint density at radius 1 is 0.969 bits per heavy atom. The highest BCUT2D eigenvalue weighted by Gasteiger charge is 2.33. The first kappa shape index (κ1) is 21.4. The van der Waals surface area contributed by atoms with Gasteiger partial charge in [-0.3, -0.25) is 14.4 Å². The molecule has 0 saturated heterocycles. The number of carbonyl (C=O) groups excluding carboxylic acids is 4. The second-order valence-electron chi connectivity index (χ2n) is 7.14. The molecule has 1 aliphatic rings. The van der Waals surface area contributed by atoms with Crippen LogP contribution in [0.3, 0.4) is 0 Å². The molecule has 0 unspecified atom stereocenters. The monoisotopic (exact) mass is 451 g/mol. The van der Waals surface area contributed by atoms with E-state index in [0.29, 0.717) is 5.56 Å². The second-order valence-corrected chi connectivity index (χ2v) is 7.52. The molecular weight excluding hydrogens is 437 g/mol. The smallest absolute Gasteiger partial charge is 0.340 e. The van der Waals surface area contributed by atoms with Crippen molar-refractivity contribution >= 4 is 40.7 Å². The fraction of sp³-hybridized carbons (Fsp3) is 0.0833. The third-order valence-electron chi connectivity index (χ3n) is 5.04. The molecule has 1 aliphatic carbocycles. The lowest BCUT2D eigenvalue weighted by molar-refractivity contribution is -0.119. The summed E-state index contributed by atoms with van der Waals surface area (Å²) < 4.78 is 18.6. The Bertz CT molecular complexity index is 1320. The van der Waals surface area contributed by atoms with Crippen molar-refractivity contribution < 1.29 is 28.3 Å². The van der Waals surface area contributed by atoms with E-state index in [4.69, 9.17) is 16.3 Å². The maximum atomic E-state index is 13.6. The van der Waals surface area contributed by atoms with Gasteiger partial charge in [0, 0.05) is 22.4 Å². The van der Waals surface area contributed by atoms with Gasteiger partial charge in [0.15, 0.2) is 18.2 Å². The third kappa shape index (κ3) is 3.78. The Labute approximate surface area is 187 Å². The summed E-state index contributed by atoms with van der Waals surface area (Å²) in [5.41, 5.74) is 0.956. The van der Waals surface area contributed by atoms with E-state index < -0.39 is 30.1 Å². The molecule has 0 saturated carbocycles. The van der Waals surface area contributed by atoms with Crippen LogP contribution in [-0.4, -0.2) is 30.0 Å². The van der Waals surface area contributed by atoms with E-state index >= 15 is 0 Å². The van der Waals surface area contributed by atoms with Crippen LogP contribution >= 0.6 is 11.6 Å². The van der Waals surface area contributed by atoms with E-state index in [1.165, 1.54) is 30.3 Å². The van der Waals surface area contributed by atoms with Crippen LogP contribution in [0.5, 0.6) is 0 Å². The Hall–Kier alpha value is -3.84. The van der Waals surface area contributed by atoms with Crippen LogP contribution in [0.4, 0.5) is 10.1 Å². The normalized spacial score (nSPS) is 12.1. The zero-order valence-corrected chi connectivity index (χ0v) is 17.5. The first-order valence-corrected chi connectivity index (χ1v) is 9.89. The van der Waals surface area contributed by atoms with Gasteiger partial charge in [-0.25, -0.2) is 9.18 Å². The Balaban J connectivity index is 1.51. The maximum absolute atomic E-state index is 13.6. The number of carbonyl (C=O) groups is 4. The lowest BCUT2D eigenvalue weighted by Gasteiger charge is -2.19. The topological polar surface area (TPSA) is 89.5 Å². The minimum atomic E-state index is -0.942. The van der Waals surface area contributed by atoms with Crippen LogP contribution in [0.2, 0.25) is 5.02 Å². The fourth-order valence-electron chi connectivity index (χ4n) is 3.38. The van der Waals surface area contributed by atoms with Crippen LogP contribution in [0.25, 0.3) is 0 Å². The molecule has 160 valence electrons. The van der Waals surface area contributed by atoms with Gasteiger partial charge in [0.1, 0.15) is 5.82 Å². The Morgan fingerprint density at radius 2 is 1.66 bits per heavy atom. The molecule has 1 N–H and O–H groups in total. The summed E-state index contributed by atoms with van der Waals surface area (Å²) in [5.74, 6) is -2.96. The third-order valence-corrected chi connectivity index (χ3v) is 5.43. The van der Waals surface area contributed by atoms with E-state index in [9.17, 15) is 23.6 Å². The van der Waals surface area contributed by atoms with Gasteiger partial charge in [0.25, 0.3) is 5.91 Å². The predicted molar refractivity (Wildman–Crippen MR) is 115 cm³/mol. The number of halogens is 2. The molecule has 0 radical (unpaired) electrons. The zero-order valence-electron chi connectivity index (χ0n) is 16.7. The number of ketones is 2. The van der Waals surface area contributed by atoms with Gasteiger partial charge in [-0.1, -0.05) is 41.9 Å². The van der Waals surface area contributed by atoms with Crippen molar-refractivity contribution in [2.75, 3.05) is 11.9 Å². The molecule has 0 aromatic heterocycles. The van der Waals surface area contributed by atoms with Crippen LogP contribution < -0.4 is 5.32 Å². The molecule has 0 fully saturated rings. The van der Waals surface area contributed by atoms with Gasteiger partial charge in [-0.2, -0.15) is 0 Å². The lowest BCUT2D eigenvalue weighted by Crippen LogP contribution is -2.24. The van der Waals surface area contributed by atoms with Crippen molar-refractivity contribution in [1.82, 2.24) is 0 Å². The van der Waals surface area contributed by atoms with Gasteiger partial charge in [-0.15, -0.1) is 0 Å². The van der Waals surface area contributed by atoms with Gasteiger partial charge in [0.05, 0.1) is 16.1 Å².